The van der Waals surface area contributed by atoms with Crippen molar-refractivity contribution < 1.29 is 9.84 Å². The highest BCUT2D eigenvalue weighted by molar-refractivity contribution is 5.88. The number of nitrogens with zero attached hydrogens (tertiary/aromatic N) is 8. The second-order valence-corrected chi connectivity index (χ2v) is 19.0. The molecular formula is C47H60N10O2. The fourth-order valence-corrected chi connectivity index (χ4v) is 9.55. The van der Waals surface area contributed by atoms with Crippen LogP contribution >= 0.6 is 0 Å². The van der Waals surface area contributed by atoms with E-state index in [1.807, 2.05) is 66.7 Å². The molecule has 310 valence electrons. The Morgan fingerprint density at radius 2 is 1.00 bits per heavy atom. The van der Waals surface area contributed by atoms with Gasteiger partial charge in [-0.1, -0.05) is 12.1 Å². The van der Waals surface area contributed by atoms with Crippen molar-refractivity contribution in [3.63, 3.8) is 0 Å². The van der Waals surface area contributed by atoms with Gasteiger partial charge in [-0.25, -0.2) is 0 Å². The van der Waals surface area contributed by atoms with Crippen LogP contribution in [0, 0.1) is 0 Å². The van der Waals surface area contributed by atoms with Crippen LogP contribution in [0.5, 0.6) is 11.5 Å². The molecule has 0 radical (unpaired) electrons. The van der Waals surface area contributed by atoms with Gasteiger partial charge in [-0.15, -0.1) is 20.4 Å². The summed E-state index contributed by atoms with van der Waals surface area (Å²) >= 11 is 0. The normalized spacial score (nSPS) is 18.5. The summed E-state index contributed by atoms with van der Waals surface area (Å²) in [6.45, 7) is 18.1. The largest absolute Gasteiger partial charge is 0.507 e. The number of hydrogen-bond acceptors (Lipinski definition) is 12. The number of phenols is 1. The molecule has 3 N–H and O–H groups in total. The number of anilines is 2. The predicted octanol–water partition coefficient (Wildman–Crippen LogP) is 8.59. The van der Waals surface area contributed by atoms with Gasteiger partial charge in [-0.3, -0.25) is 9.97 Å². The van der Waals surface area contributed by atoms with Crippen LogP contribution in [0.3, 0.4) is 0 Å². The highest BCUT2D eigenvalue weighted by Crippen LogP contribution is 2.37. The minimum absolute atomic E-state index is 0.0674. The lowest BCUT2D eigenvalue weighted by Crippen LogP contribution is -2.62. The first-order valence-corrected chi connectivity index (χ1v) is 20.5. The molecule has 6 aromatic rings. The number of pyridine rings is 2. The average Bonchev–Trinajstić information content (AvgIpc) is 3.17. The maximum Gasteiger partial charge on any atom is 0.151 e. The van der Waals surface area contributed by atoms with Crippen molar-refractivity contribution in [2.75, 3.05) is 31.0 Å². The van der Waals surface area contributed by atoms with Gasteiger partial charge in [0, 0.05) is 82.6 Å². The van der Waals surface area contributed by atoms with Gasteiger partial charge in [0.2, 0.25) is 0 Å². The molecule has 0 atom stereocenters. The fourth-order valence-electron chi connectivity index (χ4n) is 9.55. The molecule has 2 fully saturated rings. The van der Waals surface area contributed by atoms with E-state index < -0.39 is 0 Å². The molecule has 2 aliphatic heterocycles. The van der Waals surface area contributed by atoms with E-state index in [9.17, 15) is 5.11 Å². The van der Waals surface area contributed by atoms with Crippen LogP contribution in [-0.4, -0.2) is 90.9 Å². The molecule has 6 heterocycles. The number of rotatable bonds is 7. The Balaban J connectivity index is 0.000000179. The summed E-state index contributed by atoms with van der Waals surface area (Å²) < 4.78 is 5.61. The maximum absolute atomic E-state index is 10.4. The van der Waals surface area contributed by atoms with Crippen molar-refractivity contribution in [1.82, 2.24) is 41.0 Å². The molecule has 59 heavy (non-hydrogen) atoms. The molecule has 0 aliphatic carbocycles. The van der Waals surface area contributed by atoms with Crippen LogP contribution in [0.25, 0.3) is 44.3 Å². The first kappa shape index (κ1) is 41.7. The topological polar surface area (TPSA) is 137 Å². The van der Waals surface area contributed by atoms with Gasteiger partial charge in [0.15, 0.2) is 11.6 Å². The molecule has 2 aromatic carbocycles. The van der Waals surface area contributed by atoms with Crippen molar-refractivity contribution in [3.05, 3.63) is 85.2 Å². The summed E-state index contributed by atoms with van der Waals surface area (Å²) in [5.74, 6) is 2.68. The molecule has 2 saturated heterocycles. The van der Waals surface area contributed by atoms with Gasteiger partial charge >= 0.3 is 0 Å². The number of fused-ring (bicyclic) bond motifs is 2. The van der Waals surface area contributed by atoms with Gasteiger partial charge in [0.05, 0.1) is 29.5 Å². The van der Waals surface area contributed by atoms with Crippen molar-refractivity contribution in [1.29, 1.82) is 0 Å². The molecule has 12 heteroatoms. The van der Waals surface area contributed by atoms with Crippen molar-refractivity contribution in [2.24, 2.45) is 0 Å². The second kappa shape index (κ2) is 16.0. The average molecular weight is 797 g/mol. The van der Waals surface area contributed by atoms with Gasteiger partial charge in [0.1, 0.15) is 11.5 Å². The molecule has 0 amide bonds. The standard InChI is InChI=1S/C24H31N5O.C23H29N5O/c1-23(2)14-17(15-24(3,4)28-23)29(5)22-10-9-19(26-27-22)18-13-20-16(8-7-11-25-20)12-21(18)30-6;1-22(2)13-16(14-23(3,4)27-22)28(5)21-9-8-18(25-26-21)17-12-19-15(11-20(17)29)7-6-10-24-19/h7-13,17,28H,14-15H2,1-6H3;6-12,16,27,29H,13-14H2,1-5H3. The summed E-state index contributed by atoms with van der Waals surface area (Å²) in [5.41, 5.74) is 4.99. The molecule has 0 spiro atoms. The maximum atomic E-state index is 10.4. The van der Waals surface area contributed by atoms with E-state index in [1.54, 1.807) is 25.6 Å². The first-order valence-electron chi connectivity index (χ1n) is 20.5. The summed E-state index contributed by atoms with van der Waals surface area (Å²) in [4.78, 5) is 13.3. The molecular weight excluding hydrogens is 737 g/mol. The van der Waals surface area contributed by atoms with Gasteiger partial charge in [0.25, 0.3) is 0 Å². The number of hydrogen-bond donors (Lipinski definition) is 3. The van der Waals surface area contributed by atoms with E-state index in [2.05, 4.69) is 120 Å². The Kier molecular flexibility index (Phi) is 11.3. The smallest absolute Gasteiger partial charge is 0.151 e. The zero-order chi connectivity index (χ0) is 42.3. The zero-order valence-electron chi connectivity index (χ0n) is 36.5. The first-order chi connectivity index (χ1) is 27.8. The van der Waals surface area contributed by atoms with Crippen LogP contribution in [0.15, 0.2) is 85.2 Å². The molecule has 0 unspecified atom stereocenters. The number of piperidine rings is 2. The molecule has 2 aliphatic rings. The number of nitrogens with one attached hydrogen (secondary N) is 2. The lowest BCUT2D eigenvalue weighted by Gasteiger charge is -2.49. The third-order valence-electron chi connectivity index (χ3n) is 11.7. The van der Waals surface area contributed by atoms with Gasteiger partial charge in [-0.2, -0.15) is 0 Å². The minimum atomic E-state index is 0.0674. The Morgan fingerprint density at radius 1 is 0.576 bits per heavy atom. The number of aromatic hydroxyl groups is 1. The number of methoxy groups -OCH3 is 1. The molecule has 0 bridgehead atoms. The molecule has 4 aromatic heterocycles. The Labute approximate surface area is 348 Å². The van der Waals surface area contributed by atoms with Crippen molar-refractivity contribution >= 4 is 33.4 Å². The number of ether oxygens (including phenoxy) is 1. The van der Waals surface area contributed by atoms with Crippen LogP contribution < -0.4 is 25.2 Å². The van der Waals surface area contributed by atoms with Gasteiger partial charge < -0.3 is 30.3 Å². The summed E-state index contributed by atoms with van der Waals surface area (Å²) in [6.07, 6.45) is 7.72. The van der Waals surface area contributed by atoms with Crippen LogP contribution in [0.4, 0.5) is 11.6 Å². The molecule has 12 nitrogen and oxygen atoms in total. The third-order valence-corrected chi connectivity index (χ3v) is 11.7. The van der Waals surface area contributed by atoms with E-state index in [-0.39, 0.29) is 27.9 Å². The lowest BCUT2D eigenvalue weighted by atomic mass is 9.79. The monoisotopic (exact) mass is 796 g/mol. The molecule has 8 rings (SSSR count). The summed E-state index contributed by atoms with van der Waals surface area (Å²) in [7, 11) is 5.88. The number of benzene rings is 2. The number of phenolic OH excluding ortho intramolecular Hbond substituents is 1. The fraction of sp³-hybridized carbons (Fsp3) is 0.447. The highest BCUT2D eigenvalue weighted by Gasteiger charge is 2.40. The van der Waals surface area contributed by atoms with Crippen LogP contribution in [0.1, 0.15) is 81.1 Å². The minimum Gasteiger partial charge on any atom is -0.507 e. The number of aromatic nitrogens is 6. The highest BCUT2D eigenvalue weighted by atomic mass is 16.5. The van der Waals surface area contributed by atoms with Crippen LogP contribution in [-0.2, 0) is 0 Å². The quantitative estimate of drug-likeness (QED) is 0.143. The predicted molar refractivity (Wildman–Crippen MR) is 239 cm³/mol. The zero-order valence-corrected chi connectivity index (χ0v) is 36.5. The Morgan fingerprint density at radius 3 is 1.42 bits per heavy atom. The Hall–Kier alpha value is -5.46. The van der Waals surface area contributed by atoms with E-state index in [0.717, 1.165) is 76.1 Å². The molecule has 0 saturated carbocycles. The third kappa shape index (κ3) is 9.55. The SMILES string of the molecule is CN(c1ccc(-c2cc3ncccc3cc2O)nn1)C1CC(C)(C)NC(C)(C)C1.COc1cc2cccnc2cc1-c1ccc(N(C)C2CC(C)(C)NC(C)(C)C2)nn1. The van der Waals surface area contributed by atoms with E-state index >= 15 is 0 Å². The Bertz CT molecular complexity index is 2380. The second-order valence-electron chi connectivity index (χ2n) is 19.0. The van der Waals surface area contributed by atoms with E-state index in [0.29, 0.717) is 23.3 Å². The summed E-state index contributed by atoms with van der Waals surface area (Å²) in [5, 5.41) is 37.8. The van der Waals surface area contributed by atoms with E-state index in [4.69, 9.17) is 4.74 Å². The van der Waals surface area contributed by atoms with Crippen LogP contribution in [0.2, 0.25) is 0 Å². The summed E-state index contributed by atoms with van der Waals surface area (Å²) in [6, 6.07) is 24.1. The van der Waals surface area contributed by atoms with Crippen molar-refractivity contribution in [3.8, 4) is 34.0 Å². The van der Waals surface area contributed by atoms with Crippen molar-refractivity contribution in [2.45, 2.75) is 115 Å². The lowest BCUT2D eigenvalue weighted by molar-refractivity contribution is 0.160. The van der Waals surface area contributed by atoms with E-state index in [1.165, 1.54) is 0 Å². The van der Waals surface area contributed by atoms with Gasteiger partial charge in [-0.05, 0) is 142 Å².